The number of aromatic nitrogens is 4. The number of rotatable bonds is 9. The van der Waals surface area contributed by atoms with Crippen LogP contribution in [0.3, 0.4) is 0 Å². The van der Waals surface area contributed by atoms with Gasteiger partial charge in [0.15, 0.2) is 0 Å². The lowest BCUT2D eigenvalue weighted by molar-refractivity contribution is -0.687. The standard InChI is InChI=1S/C32H26N6O4/c39-37(40)31-9-1-25(2-10-31)21-33-17-19-35(23-33)29-13-5-27(6-14-29)28-7-15-30(16-8-28)36-20-18-34(24-36)22-26-3-11-32(12-4-26)38(41)42/h1-20,23-24H,21-22H2/q+2. The zero-order chi connectivity index (χ0) is 29.1. The maximum absolute atomic E-state index is 10.9. The van der Waals surface area contributed by atoms with Gasteiger partial charge in [0.05, 0.1) is 9.85 Å². The molecule has 2 aromatic heterocycles. The number of nitro benzene ring substituents is 2. The molecule has 0 N–H and O–H groups in total. The van der Waals surface area contributed by atoms with Crippen LogP contribution >= 0.6 is 0 Å². The molecule has 6 aromatic rings. The summed E-state index contributed by atoms with van der Waals surface area (Å²) in [6.07, 6.45) is 11.9. The van der Waals surface area contributed by atoms with E-state index in [0.29, 0.717) is 13.1 Å². The molecule has 0 radical (unpaired) electrons. The van der Waals surface area contributed by atoms with Gasteiger partial charge in [-0.05, 0) is 70.8 Å². The second kappa shape index (κ2) is 11.3. The first-order valence-electron chi connectivity index (χ1n) is 13.2. The van der Waals surface area contributed by atoms with Gasteiger partial charge in [0, 0.05) is 24.3 Å². The van der Waals surface area contributed by atoms with Crippen molar-refractivity contribution < 1.29 is 19.0 Å². The third-order valence-corrected chi connectivity index (χ3v) is 7.07. The van der Waals surface area contributed by atoms with Crippen LogP contribution in [0, 0.1) is 20.2 Å². The molecule has 6 rings (SSSR count). The summed E-state index contributed by atoms with van der Waals surface area (Å²) in [5, 5.41) is 21.7. The van der Waals surface area contributed by atoms with Crippen molar-refractivity contribution in [3.05, 3.63) is 166 Å². The summed E-state index contributed by atoms with van der Waals surface area (Å²) in [5.74, 6) is 0. The first kappa shape index (κ1) is 26.3. The van der Waals surface area contributed by atoms with Gasteiger partial charge < -0.3 is 0 Å². The van der Waals surface area contributed by atoms with Crippen molar-refractivity contribution >= 4 is 11.4 Å². The number of imidazole rings is 2. The Kier molecular flexibility index (Phi) is 7.08. The Morgan fingerprint density at radius 1 is 0.524 bits per heavy atom. The number of nitrogens with zero attached hydrogens (tertiary/aromatic N) is 6. The fourth-order valence-electron chi connectivity index (χ4n) is 4.80. The van der Waals surface area contributed by atoms with E-state index in [9.17, 15) is 20.2 Å². The van der Waals surface area contributed by atoms with E-state index in [1.807, 2.05) is 55.7 Å². The largest absolute Gasteiger partial charge is 0.269 e. The Bertz CT molecular complexity index is 1720. The Balaban J connectivity index is 1.09. The van der Waals surface area contributed by atoms with Crippen LogP contribution in [0.15, 0.2) is 135 Å². The van der Waals surface area contributed by atoms with Crippen molar-refractivity contribution in [3.8, 4) is 22.5 Å². The van der Waals surface area contributed by atoms with Crippen LogP contribution in [0.4, 0.5) is 11.4 Å². The summed E-state index contributed by atoms with van der Waals surface area (Å²) < 4.78 is 8.14. The number of nitro groups is 2. The average Bonchev–Trinajstić information content (AvgIpc) is 3.68. The lowest BCUT2D eigenvalue weighted by atomic mass is 10.0. The van der Waals surface area contributed by atoms with E-state index in [1.165, 1.54) is 24.3 Å². The Hall–Kier alpha value is -5.90. The van der Waals surface area contributed by atoms with E-state index < -0.39 is 9.85 Å². The molecule has 0 aliphatic carbocycles. The maximum Gasteiger partial charge on any atom is 0.269 e. The quantitative estimate of drug-likeness (QED) is 0.134. The predicted octanol–water partition coefficient (Wildman–Crippen LogP) is 5.42. The van der Waals surface area contributed by atoms with Crippen molar-refractivity contribution in [1.29, 1.82) is 0 Å². The minimum Gasteiger partial charge on any atom is -0.258 e. The van der Waals surface area contributed by atoms with Crippen molar-refractivity contribution in [2.24, 2.45) is 0 Å². The van der Waals surface area contributed by atoms with Gasteiger partial charge in [-0.2, -0.15) is 0 Å². The minimum atomic E-state index is -0.393. The fraction of sp³-hybridized carbons (Fsp3) is 0.0625. The Morgan fingerprint density at radius 2 is 0.881 bits per heavy atom. The molecule has 206 valence electrons. The summed E-state index contributed by atoms with van der Waals surface area (Å²) >= 11 is 0. The van der Waals surface area contributed by atoms with Gasteiger partial charge in [0.1, 0.15) is 49.3 Å². The van der Waals surface area contributed by atoms with E-state index in [-0.39, 0.29) is 11.4 Å². The van der Waals surface area contributed by atoms with Gasteiger partial charge in [-0.3, -0.25) is 20.2 Å². The second-order valence-electron chi connectivity index (χ2n) is 9.93. The molecule has 10 nitrogen and oxygen atoms in total. The first-order valence-corrected chi connectivity index (χ1v) is 13.2. The number of hydrogen-bond donors (Lipinski definition) is 0. The summed E-state index contributed by atoms with van der Waals surface area (Å²) in [6, 6.07) is 29.9. The third-order valence-electron chi connectivity index (χ3n) is 7.07. The van der Waals surface area contributed by atoms with E-state index >= 15 is 0 Å². The van der Waals surface area contributed by atoms with Gasteiger partial charge >= 0.3 is 0 Å². The highest BCUT2D eigenvalue weighted by Crippen LogP contribution is 2.23. The number of benzene rings is 4. The van der Waals surface area contributed by atoms with Crippen molar-refractivity contribution in [2.75, 3.05) is 0 Å². The van der Waals surface area contributed by atoms with Gasteiger partial charge in [0.2, 0.25) is 12.7 Å². The topological polar surface area (TPSA) is 104 Å². The van der Waals surface area contributed by atoms with Crippen LogP contribution in [0.2, 0.25) is 0 Å². The van der Waals surface area contributed by atoms with Crippen LogP contribution in [0.1, 0.15) is 11.1 Å². The highest BCUT2D eigenvalue weighted by Gasteiger charge is 2.12. The second-order valence-corrected chi connectivity index (χ2v) is 9.93. The zero-order valence-electron chi connectivity index (χ0n) is 22.4. The predicted molar refractivity (Wildman–Crippen MR) is 155 cm³/mol. The molecule has 42 heavy (non-hydrogen) atoms. The van der Waals surface area contributed by atoms with E-state index in [4.69, 9.17) is 0 Å². The van der Waals surface area contributed by atoms with E-state index in [0.717, 1.165) is 33.6 Å². The lowest BCUT2D eigenvalue weighted by Crippen LogP contribution is -2.31. The first-order chi connectivity index (χ1) is 20.4. The van der Waals surface area contributed by atoms with Crippen molar-refractivity contribution in [3.63, 3.8) is 0 Å². The monoisotopic (exact) mass is 558 g/mol. The highest BCUT2D eigenvalue weighted by atomic mass is 16.6. The minimum absolute atomic E-state index is 0.0887. The zero-order valence-corrected chi connectivity index (χ0v) is 22.4. The van der Waals surface area contributed by atoms with Gasteiger partial charge in [-0.1, -0.05) is 24.3 Å². The molecule has 10 heteroatoms. The van der Waals surface area contributed by atoms with E-state index in [2.05, 4.69) is 48.5 Å². The lowest BCUT2D eigenvalue weighted by Gasteiger charge is -2.04. The Labute approximate surface area is 240 Å². The fourth-order valence-corrected chi connectivity index (χ4v) is 4.80. The molecule has 0 saturated carbocycles. The normalized spacial score (nSPS) is 11.0. The molecule has 4 aromatic carbocycles. The molecule has 0 unspecified atom stereocenters. The van der Waals surface area contributed by atoms with Crippen LogP contribution in [-0.2, 0) is 13.1 Å². The van der Waals surface area contributed by atoms with Crippen LogP contribution in [-0.4, -0.2) is 19.0 Å². The van der Waals surface area contributed by atoms with Gasteiger partial charge in [-0.25, -0.2) is 18.3 Å². The molecule has 0 amide bonds. The molecular formula is C32H26N6O4+2. The molecule has 0 aliphatic heterocycles. The SMILES string of the molecule is O=[N+]([O-])c1ccc(C[n+]2ccn(-c3ccc(-c4ccc(-n5cc[n+](Cc6ccc([N+](=O)[O-])cc6)c5)cc4)cc3)c2)cc1. The summed E-state index contributed by atoms with van der Waals surface area (Å²) in [7, 11) is 0. The van der Waals surface area contributed by atoms with E-state index in [1.54, 1.807) is 24.3 Å². The molecular weight excluding hydrogens is 532 g/mol. The molecule has 0 saturated heterocycles. The van der Waals surface area contributed by atoms with Crippen LogP contribution < -0.4 is 9.13 Å². The van der Waals surface area contributed by atoms with Gasteiger partial charge in [0.25, 0.3) is 11.4 Å². The molecule has 0 bridgehead atoms. The summed E-state index contributed by atoms with van der Waals surface area (Å²) in [4.78, 5) is 21.0. The molecule has 2 heterocycles. The number of non-ortho nitro benzene ring substituents is 2. The molecule has 0 atom stereocenters. The van der Waals surface area contributed by atoms with Crippen LogP contribution in [0.5, 0.6) is 0 Å². The molecule has 0 fully saturated rings. The summed E-state index contributed by atoms with van der Waals surface area (Å²) in [6.45, 7) is 1.24. The average molecular weight is 559 g/mol. The highest BCUT2D eigenvalue weighted by molar-refractivity contribution is 5.65. The third kappa shape index (κ3) is 5.82. The smallest absolute Gasteiger partial charge is 0.258 e. The van der Waals surface area contributed by atoms with Gasteiger partial charge in [-0.15, -0.1) is 0 Å². The molecule has 0 aliphatic rings. The van der Waals surface area contributed by atoms with Crippen LogP contribution in [0.25, 0.3) is 22.5 Å². The summed E-state index contributed by atoms with van der Waals surface area (Å²) in [5.41, 5.74) is 6.43. The van der Waals surface area contributed by atoms with Crippen molar-refractivity contribution in [1.82, 2.24) is 9.13 Å². The maximum atomic E-state index is 10.9. The number of hydrogen-bond acceptors (Lipinski definition) is 4. The Morgan fingerprint density at radius 3 is 1.21 bits per heavy atom. The molecule has 0 spiro atoms. The van der Waals surface area contributed by atoms with Crippen molar-refractivity contribution in [2.45, 2.75) is 13.1 Å².